The number of hydrogen-bond acceptors (Lipinski definition) is 2. The molecule has 2 nitrogen and oxygen atoms in total. The Kier molecular flexibility index (Phi) is 4.23. The van der Waals surface area contributed by atoms with Gasteiger partial charge in [-0.2, -0.15) is 0 Å². The molecule has 3 saturated carbocycles. The van der Waals surface area contributed by atoms with Gasteiger partial charge in [0.1, 0.15) is 0 Å². The van der Waals surface area contributed by atoms with E-state index >= 15 is 0 Å². The highest BCUT2D eigenvalue weighted by atomic mass is 16.7. The summed E-state index contributed by atoms with van der Waals surface area (Å²) in [4.78, 5) is 0. The van der Waals surface area contributed by atoms with E-state index in [0.717, 1.165) is 36.7 Å². The van der Waals surface area contributed by atoms with Crippen molar-refractivity contribution in [2.24, 2.45) is 52.3 Å². The Labute approximate surface area is 178 Å². The van der Waals surface area contributed by atoms with Gasteiger partial charge >= 0.3 is 0 Å². The van der Waals surface area contributed by atoms with Gasteiger partial charge in [0.25, 0.3) is 0 Å². The molecule has 4 aliphatic carbocycles. The average Bonchev–Trinajstić information content (AvgIpc) is 3.15. The van der Waals surface area contributed by atoms with Gasteiger partial charge in [0, 0.05) is 12.3 Å². The minimum atomic E-state index is -0.259. The van der Waals surface area contributed by atoms with Crippen LogP contribution in [0.5, 0.6) is 0 Å². The molecule has 11 atom stereocenters. The quantitative estimate of drug-likeness (QED) is 0.428. The maximum atomic E-state index is 6.91. The molecular formula is C27H42O2. The van der Waals surface area contributed by atoms with Crippen LogP contribution >= 0.6 is 0 Å². The third-order valence-corrected chi connectivity index (χ3v) is 11.5. The second kappa shape index (κ2) is 6.35. The van der Waals surface area contributed by atoms with E-state index in [4.69, 9.17) is 9.47 Å². The van der Waals surface area contributed by atoms with Crippen LogP contribution in [0.2, 0.25) is 0 Å². The SMILES string of the molecule is CC1CC[C@@]2(OC1)OC1CC3C4CC[C@H]5CC=CC[C@]5(C)C4CC[C@]3(C)C1[C@@H]2C. The van der Waals surface area contributed by atoms with Crippen LogP contribution in [0.15, 0.2) is 12.2 Å². The van der Waals surface area contributed by atoms with Crippen LogP contribution in [-0.2, 0) is 9.47 Å². The molecule has 0 radical (unpaired) electrons. The third kappa shape index (κ3) is 2.48. The highest BCUT2D eigenvalue weighted by molar-refractivity contribution is 5.16. The van der Waals surface area contributed by atoms with Crippen molar-refractivity contribution >= 4 is 0 Å². The Hall–Kier alpha value is -0.340. The summed E-state index contributed by atoms with van der Waals surface area (Å²) in [6.07, 6.45) is 17.6. The van der Waals surface area contributed by atoms with Crippen molar-refractivity contribution < 1.29 is 9.47 Å². The second-order valence-corrected chi connectivity index (χ2v) is 12.6. The van der Waals surface area contributed by atoms with Crippen LogP contribution in [0.3, 0.4) is 0 Å². The van der Waals surface area contributed by atoms with Gasteiger partial charge in [-0.1, -0.05) is 39.8 Å². The van der Waals surface area contributed by atoms with E-state index in [1.54, 1.807) is 0 Å². The number of rotatable bonds is 0. The molecule has 2 heterocycles. The van der Waals surface area contributed by atoms with Crippen LogP contribution in [0, 0.1) is 52.3 Å². The summed E-state index contributed by atoms with van der Waals surface area (Å²) < 4.78 is 13.4. The van der Waals surface area contributed by atoms with Gasteiger partial charge in [-0.15, -0.1) is 0 Å². The van der Waals surface area contributed by atoms with Crippen molar-refractivity contribution in [3.63, 3.8) is 0 Å². The molecule has 0 aromatic carbocycles. The Morgan fingerprint density at radius 3 is 2.55 bits per heavy atom. The molecular weight excluding hydrogens is 356 g/mol. The zero-order valence-corrected chi connectivity index (χ0v) is 19.2. The van der Waals surface area contributed by atoms with Crippen molar-refractivity contribution in [1.82, 2.24) is 0 Å². The molecule has 5 fully saturated rings. The highest BCUT2D eigenvalue weighted by Crippen LogP contribution is 2.71. The lowest BCUT2D eigenvalue weighted by molar-refractivity contribution is -0.273. The molecule has 29 heavy (non-hydrogen) atoms. The first kappa shape index (κ1) is 19.4. The van der Waals surface area contributed by atoms with E-state index in [2.05, 4.69) is 39.8 Å². The highest BCUT2D eigenvalue weighted by Gasteiger charge is 2.68. The molecule has 2 aliphatic heterocycles. The summed E-state index contributed by atoms with van der Waals surface area (Å²) in [7, 11) is 0. The number of hydrogen-bond donors (Lipinski definition) is 0. The molecule has 6 unspecified atom stereocenters. The van der Waals surface area contributed by atoms with Crippen LogP contribution in [0.25, 0.3) is 0 Å². The molecule has 6 rings (SSSR count). The van der Waals surface area contributed by atoms with Gasteiger partial charge in [0.2, 0.25) is 0 Å². The first-order chi connectivity index (χ1) is 13.9. The fourth-order valence-electron chi connectivity index (χ4n) is 9.86. The predicted octanol–water partition coefficient (Wildman–Crippen LogP) is 6.60. The monoisotopic (exact) mass is 398 g/mol. The molecule has 0 aromatic rings. The maximum Gasteiger partial charge on any atom is 0.171 e. The van der Waals surface area contributed by atoms with Crippen molar-refractivity contribution in [3.05, 3.63) is 12.2 Å². The molecule has 0 amide bonds. The zero-order chi connectivity index (χ0) is 20.0. The smallest absolute Gasteiger partial charge is 0.171 e. The first-order valence-electron chi connectivity index (χ1n) is 12.8. The molecule has 2 heteroatoms. The number of ether oxygens (including phenoxy) is 2. The minimum absolute atomic E-state index is 0.259. The molecule has 6 aliphatic rings. The Morgan fingerprint density at radius 1 is 0.897 bits per heavy atom. The fraction of sp³-hybridized carbons (Fsp3) is 0.926. The standard InChI is InChI=1S/C27H42O2/c1-17-10-14-27(28-16-17)18(2)24-23(29-27)15-22-20-9-8-19-7-5-6-12-25(19,3)21(20)11-13-26(22,24)4/h5-6,17-24H,7-16H2,1-4H3/t17?,18-,19+,20?,21?,22?,23?,24?,25-,26-,27+/m0/s1. The maximum absolute atomic E-state index is 6.91. The lowest BCUT2D eigenvalue weighted by Crippen LogP contribution is -2.53. The summed E-state index contributed by atoms with van der Waals surface area (Å²) >= 11 is 0. The van der Waals surface area contributed by atoms with Crippen LogP contribution < -0.4 is 0 Å². The van der Waals surface area contributed by atoms with Crippen molar-refractivity contribution in [2.45, 2.75) is 97.4 Å². The van der Waals surface area contributed by atoms with Crippen molar-refractivity contribution in [3.8, 4) is 0 Å². The molecule has 0 aromatic heterocycles. The topological polar surface area (TPSA) is 18.5 Å². The van der Waals surface area contributed by atoms with Crippen molar-refractivity contribution in [1.29, 1.82) is 0 Å². The largest absolute Gasteiger partial charge is 0.349 e. The minimum Gasteiger partial charge on any atom is -0.349 e. The Bertz CT molecular complexity index is 691. The van der Waals surface area contributed by atoms with E-state index < -0.39 is 0 Å². The van der Waals surface area contributed by atoms with E-state index in [1.807, 2.05) is 0 Å². The summed E-state index contributed by atoms with van der Waals surface area (Å²) in [6, 6.07) is 0. The van der Waals surface area contributed by atoms with Crippen LogP contribution in [-0.4, -0.2) is 18.5 Å². The third-order valence-electron chi connectivity index (χ3n) is 11.5. The summed E-state index contributed by atoms with van der Waals surface area (Å²) in [5.74, 6) is 5.39. The van der Waals surface area contributed by atoms with E-state index in [0.29, 0.717) is 34.7 Å². The van der Waals surface area contributed by atoms with Gasteiger partial charge in [-0.25, -0.2) is 0 Å². The van der Waals surface area contributed by atoms with E-state index in [1.165, 1.54) is 51.4 Å². The fourth-order valence-corrected chi connectivity index (χ4v) is 9.86. The molecule has 2 saturated heterocycles. The van der Waals surface area contributed by atoms with E-state index in [-0.39, 0.29) is 5.79 Å². The lowest BCUT2D eigenvalue weighted by atomic mass is 9.45. The van der Waals surface area contributed by atoms with Gasteiger partial charge in [-0.05, 0) is 97.7 Å². The van der Waals surface area contributed by atoms with Gasteiger partial charge in [0.05, 0.1) is 12.7 Å². The zero-order valence-electron chi connectivity index (χ0n) is 19.2. The van der Waals surface area contributed by atoms with E-state index in [9.17, 15) is 0 Å². The van der Waals surface area contributed by atoms with Gasteiger partial charge < -0.3 is 9.47 Å². The summed E-state index contributed by atoms with van der Waals surface area (Å²) in [5.41, 5.74) is 1.03. The van der Waals surface area contributed by atoms with Crippen molar-refractivity contribution in [2.75, 3.05) is 6.61 Å². The Balaban J connectivity index is 1.28. The Morgan fingerprint density at radius 2 is 1.76 bits per heavy atom. The first-order valence-corrected chi connectivity index (χ1v) is 12.8. The number of fused-ring (bicyclic) bond motifs is 7. The summed E-state index contributed by atoms with van der Waals surface area (Å²) in [5, 5.41) is 0. The molecule has 0 N–H and O–H groups in total. The average molecular weight is 399 g/mol. The lowest BCUT2D eigenvalue weighted by Gasteiger charge is -2.60. The molecule has 0 bridgehead atoms. The van der Waals surface area contributed by atoms with Crippen LogP contribution in [0.4, 0.5) is 0 Å². The molecule has 162 valence electrons. The predicted molar refractivity (Wildman–Crippen MR) is 116 cm³/mol. The normalized spacial score (nSPS) is 61.1. The van der Waals surface area contributed by atoms with Gasteiger partial charge in [-0.3, -0.25) is 0 Å². The summed E-state index contributed by atoms with van der Waals surface area (Å²) in [6.45, 7) is 11.0. The van der Waals surface area contributed by atoms with Gasteiger partial charge in [0.15, 0.2) is 5.79 Å². The number of allylic oxidation sites excluding steroid dienone is 2. The second-order valence-electron chi connectivity index (χ2n) is 12.6. The molecule has 1 spiro atoms. The van der Waals surface area contributed by atoms with Crippen LogP contribution in [0.1, 0.15) is 85.5 Å².